The van der Waals surface area contributed by atoms with Gasteiger partial charge in [-0.1, -0.05) is 72.9 Å². The summed E-state index contributed by atoms with van der Waals surface area (Å²) in [6, 6.07) is 13.7. The van der Waals surface area contributed by atoms with Crippen LogP contribution in [0.2, 0.25) is 10.0 Å². The summed E-state index contributed by atoms with van der Waals surface area (Å²) in [6.07, 6.45) is -4.10. The second-order valence-corrected chi connectivity index (χ2v) is 13.0. The van der Waals surface area contributed by atoms with E-state index in [9.17, 15) is 31.2 Å². The molecular weight excluding hydrogens is 638 g/mol. The number of halogens is 5. The van der Waals surface area contributed by atoms with E-state index in [1.807, 2.05) is 6.92 Å². The molecule has 2 amide bonds. The van der Waals surface area contributed by atoms with Crippen molar-refractivity contribution in [1.82, 2.24) is 10.2 Å². The third-order valence-electron chi connectivity index (χ3n) is 7.12. The normalized spacial score (nSPS) is 13.2. The molecule has 0 aliphatic rings. The van der Waals surface area contributed by atoms with E-state index in [0.717, 1.165) is 17.7 Å². The Balaban J connectivity index is 2.16. The van der Waals surface area contributed by atoms with Crippen molar-refractivity contribution in [3.63, 3.8) is 0 Å². The van der Waals surface area contributed by atoms with E-state index in [1.54, 1.807) is 45.0 Å². The second kappa shape index (κ2) is 14.7. The van der Waals surface area contributed by atoms with Crippen molar-refractivity contribution in [2.75, 3.05) is 10.8 Å². The maximum Gasteiger partial charge on any atom is 0.417 e. The summed E-state index contributed by atoms with van der Waals surface area (Å²) >= 11 is 12.2. The number of carbonyl (C=O) groups is 2. The number of anilines is 1. The van der Waals surface area contributed by atoms with Crippen LogP contribution in [-0.4, -0.2) is 43.8 Å². The monoisotopic (exact) mass is 671 g/mol. The van der Waals surface area contributed by atoms with Crippen LogP contribution in [0.5, 0.6) is 0 Å². The average Bonchev–Trinajstić information content (AvgIpc) is 2.96. The number of nitrogens with one attached hydrogen (secondary N) is 1. The summed E-state index contributed by atoms with van der Waals surface area (Å²) < 4.78 is 70.0. The van der Waals surface area contributed by atoms with Crippen LogP contribution in [-0.2, 0) is 32.3 Å². The van der Waals surface area contributed by atoms with Crippen LogP contribution in [0.1, 0.15) is 50.3 Å². The summed E-state index contributed by atoms with van der Waals surface area (Å²) in [5.74, 6) is -1.28. The summed E-state index contributed by atoms with van der Waals surface area (Å²) in [7, 11) is -4.58. The van der Waals surface area contributed by atoms with Crippen molar-refractivity contribution in [3.8, 4) is 0 Å². The third-order valence-corrected chi connectivity index (χ3v) is 9.60. The quantitative estimate of drug-likeness (QED) is 0.220. The lowest BCUT2D eigenvalue weighted by Crippen LogP contribution is -2.53. The molecule has 0 saturated heterocycles. The number of benzene rings is 3. The standard InChI is InChI=1S/C31H34Cl2F3N3O4S/c1-5-21(4)37-30(41)28(6-2)38(18-22-9-7-8-10-26(22)32)29(40)19-39(44(42,43)24-14-11-20(3)12-15-24)23-13-16-27(33)25(17-23)31(34,35)36/h7-17,21,28H,5-6,18-19H2,1-4H3,(H,37,41)/t21-,28+/m0/s1. The molecule has 0 aliphatic carbocycles. The first-order valence-corrected chi connectivity index (χ1v) is 16.1. The van der Waals surface area contributed by atoms with Crippen LogP contribution in [0.15, 0.2) is 71.6 Å². The molecule has 0 aromatic heterocycles. The van der Waals surface area contributed by atoms with E-state index in [1.165, 1.54) is 29.2 Å². The number of amides is 2. The van der Waals surface area contributed by atoms with E-state index in [2.05, 4.69) is 5.32 Å². The smallest absolute Gasteiger partial charge is 0.352 e. The van der Waals surface area contributed by atoms with E-state index >= 15 is 0 Å². The molecule has 13 heteroatoms. The van der Waals surface area contributed by atoms with Gasteiger partial charge in [-0.05, 0) is 68.7 Å². The zero-order valence-corrected chi connectivity index (χ0v) is 27.0. The van der Waals surface area contributed by atoms with Crippen LogP contribution < -0.4 is 9.62 Å². The van der Waals surface area contributed by atoms with Crippen molar-refractivity contribution in [2.24, 2.45) is 0 Å². The van der Waals surface area contributed by atoms with E-state index < -0.39 is 56.9 Å². The van der Waals surface area contributed by atoms with E-state index in [0.29, 0.717) is 27.4 Å². The lowest BCUT2D eigenvalue weighted by molar-refractivity contribution is -0.140. The lowest BCUT2D eigenvalue weighted by atomic mass is 10.1. The molecule has 44 heavy (non-hydrogen) atoms. The Morgan fingerprint density at radius 3 is 2.14 bits per heavy atom. The highest BCUT2D eigenvalue weighted by Crippen LogP contribution is 2.38. The lowest BCUT2D eigenvalue weighted by Gasteiger charge is -2.34. The summed E-state index contributed by atoms with van der Waals surface area (Å²) in [6.45, 7) is 6.06. The Kier molecular flexibility index (Phi) is 11.7. The van der Waals surface area contributed by atoms with Gasteiger partial charge in [0.25, 0.3) is 10.0 Å². The summed E-state index contributed by atoms with van der Waals surface area (Å²) in [4.78, 5) is 28.5. The number of aryl methyl sites for hydroxylation is 1. The number of hydrogen-bond donors (Lipinski definition) is 1. The van der Waals surface area contributed by atoms with Gasteiger partial charge in [0, 0.05) is 17.6 Å². The minimum Gasteiger partial charge on any atom is -0.352 e. The van der Waals surface area contributed by atoms with Gasteiger partial charge in [0.1, 0.15) is 12.6 Å². The first-order chi connectivity index (χ1) is 20.6. The predicted molar refractivity (Wildman–Crippen MR) is 166 cm³/mol. The second-order valence-electron chi connectivity index (χ2n) is 10.3. The van der Waals surface area contributed by atoms with Gasteiger partial charge in [0.15, 0.2) is 0 Å². The highest BCUT2D eigenvalue weighted by atomic mass is 35.5. The maximum absolute atomic E-state index is 14.1. The molecule has 0 fully saturated rings. The molecule has 0 saturated carbocycles. The molecule has 0 radical (unpaired) electrons. The summed E-state index contributed by atoms with van der Waals surface area (Å²) in [5.41, 5.74) is -0.441. The molecule has 0 bridgehead atoms. The van der Waals surface area contributed by atoms with Gasteiger partial charge in [-0.2, -0.15) is 13.2 Å². The number of carbonyl (C=O) groups excluding carboxylic acids is 2. The first-order valence-electron chi connectivity index (χ1n) is 13.9. The topological polar surface area (TPSA) is 86.8 Å². The van der Waals surface area contributed by atoms with Crippen LogP contribution >= 0.6 is 23.2 Å². The molecule has 0 spiro atoms. The molecular formula is C31H34Cl2F3N3O4S. The zero-order valence-electron chi connectivity index (χ0n) is 24.7. The fraction of sp³-hybridized carbons (Fsp3) is 0.355. The van der Waals surface area contributed by atoms with Gasteiger partial charge in [0.2, 0.25) is 11.8 Å². The fourth-order valence-electron chi connectivity index (χ4n) is 4.42. The zero-order chi connectivity index (χ0) is 32.8. The van der Waals surface area contributed by atoms with Gasteiger partial charge >= 0.3 is 6.18 Å². The molecule has 238 valence electrons. The van der Waals surface area contributed by atoms with Crippen molar-refractivity contribution < 1.29 is 31.2 Å². The number of alkyl halides is 3. The van der Waals surface area contributed by atoms with Crippen LogP contribution in [0, 0.1) is 6.92 Å². The molecule has 3 aromatic rings. The Hall–Kier alpha value is -3.28. The van der Waals surface area contributed by atoms with Gasteiger partial charge in [0.05, 0.1) is 21.2 Å². The number of nitrogens with zero attached hydrogens (tertiary/aromatic N) is 2. The van der Waals surface area contributed by atoms with Crippen molar-refractivity contribution in [1.29, 1.82) is 0 Å². The minimum absolute atomic E-state index is 0.155. The van der Waals surface area contributed by atoms with Gasteiger partial charge in [-0.15, -0.1) is 0 Å². The predicted octanol–water partition coefficient (Wildman–Crippen LogP) is 7.24. The Bertz CT molecular complexity index is 1580. The Morgan fingerprint density at radius 2 is 1.57 bits per heavy atom. The maximum atomic E-state index is 14.1. The molecule has 3 rings (SSSR count). The molecule has 7 nitrogen and oxygen atoms in total. The highest BCUT2D eigenvalue weighted by molar-refractivity contribution is 7.92. The Morgan fingerprint density at radius 1 is 0.932 bits per heavy atom. The largest absolute Gasteiger partial charge is 0.417 e. The van der Waals surface area contributed by atoms with Crippen LogP contribution in [0.4, 0.5) is 18.9 Å². The van der Waals surface area contributed by atoms with E-state index in [4.69, 9.17) is 23.2 Å². The van der Waals surface area contributed by atoms with Crippen LogP contribution in [0.25, 0.3) is 0 Å². The van der Waals surface area contributed by atoms with Crippen LogP contribution in [0.3, 0.4) is 0 Å². The number of hydrogen-bond acceptors (Lipinski definition) is 4. The Labute approximate surface area is 266 Å². The average molecular weight is 673 g/mol. The fourth-order valence-corrected chi connectivity index (χ4v) is 6.25. The number of sulfonamides is 1. The third kappa shape index (κ3) is 8.46. The molecule has 1 N–H and O–H groups in total. The van der Waals surface area contributed by atoms with Crippen molar-refractivity contribution in [2.45, 2.75) is 70.2 Å². The molecule has 0 heterocycles. The first kappa shape index (κ1) is 35.2. The number of rotatable bonds is 12. The van der Waals surface area contributed by atoms with Crippen molar-refractivity contribution in [3.05, 3.63) is 93.5 Å². The van der Waals surface area contributed by atoms with E-state index in [-0.39, 0.29) is 23.9 Å². The van der Waals surface area contributed by atoms with Gasteiger partial charge in [-0.3, -0.25) is 13.9 Å². The molecule has 0 aliphatic heterocycles. The molecule has 2 atom stereocenters. The van der Waals surface area contributed by atoms with Gasteiger partial charge in [-0.25, -0.2) is 8.42 Å². The summed E-state index contributed by atoms with van der Waals surface area (Å²) in [5, 5.41) is 2.54. The molecule has 0 unspecified atom stereocenters. The SMILES string of the molecule is CC[C@H](C(=O)N[C@@H](C)CC)N(Cc1ccccc1Cl)C(=O)CN(c1ccc(Cl)c(C(F)(F)F)c1)S(=O)(=O)c1ccc(C)cc1. The molecule has 3 aromatic carbocycles. The van der Waals surface area contributed by atoms with Gasteiger partial charge < -0.3 is 10.2 Å². The minimum atomic E-state index is -4.89. The highest BCUT2D eigenvalue weighted by Gasteiger charge is 2.37. The van der Waals surface area contributed by atoms with Crippen molar-refractivity contribution >= 4 is 50.7 Å².